The van der Waals surface area contributed by atoms with Gasteiger partial charge in [0.05, 0.1) is 11.6 Å². The SMILES string of the molecule is CN=C(NCc1ccc(C#N)cc1F)N1CCSC(C)(C)C1. The lowest BCUT2D eigenvalue weighted by molar-refractivity contribution is 0.375. The van der Waals surface area contributed by atoms with E-state index < -0.39 is 0 Å². The minimum atomic E-state index is -0.364. The smallest absolute Gasteiger partial charge is 0.193 e. The molecule has 22 heavy (non-hydrogen) atoms. The molecule has 0 amide bonds. The number of nitrogens with zero attached hydrogens (tertiary/aromatic N) is 3. The van der Waals surface area contributed by atoms with Crippen LogP contribution < -0.4 is 5.32 Å². The first-order valence-electron chi connectivity index (χ1n) is 7.23. The number of nitriles is 1. The summed E-state index contributed by atoms with van der Waals surface area (Å²) in [4.78, 5) is 6.51. The summed E-state index contributed by atoms with van der Waals surface area (Å²) in [5.74, 6) is 1.48. The minimum absolute atomic E-state index is 0.190. The van der Waals surface area contributed by atoms with Gasteiger partial charge in [0.25, 0.3) is 0 Å². The standard InChI is InChI=1S/C16H21FN4S/c1-16(2)11-21(6-7-22-16)15(19-3)20-10-13-5-4-12(9-18)8-14(13)17/h4-5,8H,6-7,10-11H2,1-3H3,(H,19,20). The topological polar surface area (TPSA) is 51.4 Å². The molecular formula is C16H21FN4S. The van der Waals surface area contributed by atoms with Crippen molar-refractivity contribution >= 4 is 17.7 Å². The van der Waals surface area contributed by atoms with Gasteiger partial charge in [0.2, 0.25) is 0 Å². The maximum Gasteiger partial charge on any atom is 0.193 e. The van der Waals surface area contributed by atoms with E-state index in [1.807, 2.05) is 17.8 Å². The Bertz CT molecular complexity index is 607. The van der Waals surface area contributed by atoms with E-state index in [9.17, 15) is 4.39 Å². The molecule has 1 aliphatic rings. The summed E-state index contributed by atoms with van der Waals surface area (Å²) in [7, 11) is 1.74. The average Bonchev–Trinajstić information content (AvgIpc) is 2.48. The maximum absolute atomic E-state index is 13.9. The van der Waals surface area contributed by atoms with Crippen molar-refractivity contribution in [2.24, 2.45) is 4.99 Å². The van der Waals surface area contributed by atoms with Crippen LogP contribution in [0.15, 0.2) is 23.2 Å². The summed E-state index contributed by atoms with van der Waals surface area (Å²) in [5.41, 5.74) is 0.867. The van der Waals surface area contributed by atoms with Crippen LogP contribution in [0.4, 0.5) is 4.39 Å². The van der Waals surface area contributed by atoms with Crippen LogP contribution in [0.5, 0.6) is 0 Å². The zero-order valence-electron chi connectivity index (χ0n) is 13.2. The quantitative estimate of drug-likeness (QED) is 0.672. The van der Waals surface area contributed by atoms with Gasteiger partial charge in [0, 0.05) is 42.7 Å². The van der Waals surface area contributed by atoms with Crippen molar-refractivity contribution in [3.8, 4) is 6.07 Å². The molecule has 1 N–H and O–H groups in total. The number of benzene rings is 1. The van der Waals surface area contributed by atoms with E-state index in [2.05, 4.69) is 29.1 Å². The van der Waals surface area contributed by atoms with E-state index >= 15 is 0 Å². The lowest BCUT2D eigenvalue weighted by atomic mass is 10.1. The van der Waals surface area contributed by atoms with Crippen molar-refractivity contribution < 1.29 is 4.39 Å². The molecule has 0 bridgehead atoms. The lowest BCUT2D eigenvalue weighted by Gasteiger charge is -2.39. The predicted molar refractivity (Wildman–Crippen MR) is 89.4 cm³/mol. The van der Waals surface area contributed by atoms with Gasteiger partial charge in [-0.3, -0.25) is 4.99 Å². The molecule has 6 heteroatoms. The van der Waals surface area contributed by atoms with Gasteiger partial charge in [-0.05, 0) is 26.0 Å². The average molecular weight is 320 g/mol. The Hall–Kier alpha value is -1.74. The van der Waals surface area contributed by atoms with Crippen LogP contribution in [0.3, 0.4) is 0 Å². The zero-order valence-corrected chi connectivity index (χ0v) is 14.0. The Morgan fingerprint density at radius 1 is 1.55 bits per heavy atom. The third kappa shape index (κ3) is 4.14. The molecule has 1 saturated heterocycles. The highest BCUT2D eigenvalue weighted by Crippen LogP contribution is 2.29. The Kier molecular flexibility index (Phi) is 5.30. The van der Waals surface area contributed by atoms with Crippen LogP contribution in [0.2, 0.25) is 0 Å². The number of thioether (sulfide) groups is 1. The molecular weight excluding hydrogens is 299 g/mol. The van der Waals surface area contributed by atoms with Crippen molar-refractivity contribution in [1.29, 1.82) is 5.26 Å². The highest BCUT2D eigenvalue weighted by Gasteiger charge is 2.28. The third-order valence-electron chi connectivity index (χ3n) is 3.56. The molecule has 2 rings (SSSR count). The van der Waals surface area contributed by atoms with Crippen molar-refractivity contribution in [1.82, 2.24) is 10.2 Å². The van der Waals surface area contributed by atoms with E-state index in [4.69, 9.17) is 5.26 Å². The van der Waals surface area contributed by atoms with Crippen LogP contribution in [0, 0.1) is 17.1 Å². The maximum atomic E-state index is 13.9. The number of rotatable bonds is 2. The molecule has 118 valence electrons. The zero-order chi connectivity index (χ0) is 16.2. The van der Waals surface area contributed by atoms with E-state index in [-0.39, 0.29) is 10.6 Å². The number of hydrogen-bond donors (Lipinski definition) is 1. The number of nitrogens with one attached hydrogen (secondary N) is 1. The monoisotopic (exact) mass is 320 g/mol. The molecule has 1 aromatic carbocycles. The molecule has 1 aliphatic heterocycles. The van der Waals surface area contributed by atoms with Gasteiger partial charge in [-0.15, -0.1) is 0 Å². The molecule has 0 saturated carbocycles. The first-order chi connectivity index (χ1) is 10.4. The molecule has 0 unspecified atom stereocenters. The van der Waals surface area contributed by atoms with Crippen LogP contribution in [0.25, 0.3) is 0 Å². The highest BCUT2D eigenvalue weighted by atomic mass is 32.2. The molecule has 0 spiro atoms. The first-order valence-corrected chi connectivity index (χ1v) is 8.22. The minimum Gasteiger partial charge on any atom is -0.352 e. The van der Waals surface area contributed by atoms with E-state index in [1.165, 1.54) is 6.07 Å². The van der Waals surface area contributed by atoms with Gasteiger partial charge in [-0.25, -0.2) is 4.39 Å². The molecule has 1 aromatic rings. The highest BCUT2D eigenvalue weighted by molar-refractivity contribution is 8.00. The van der Waals surface area contributed by atoms with Crippen LogP contribution in [0.1, 0.15) is 25.0 Å². The fraction of sp³-hybridized carbons (Fsp3) is 0.500. The lowest BCUT2D eigenvalue weighted by Crippen LogP contribution is -2.50. The molecule has 4 nitrogen and oxygen atoms in total. The van der Waals surface area contributed by atoms with Crippen LogP contribution in [-0.4, -0.2) is 41.5 Å². The van der Waals surface area contributed by atoms with E-state index in [0.29, 0.717) is 17.7 Å². The summed E-state index contributed by atoms with van der Waals surface area (Å²) >= 11 is 1.96. The van der Waals surface area contributed by atoms with Gasteiger partial charge < -0.3 is 10.2 Å². The molecule has 0 radical (unpaired) electrons. The van der Waals surface area contributed by atoms with Crippen molar-refractivity contribution in [3.05, 3.63) is 35.1 Å². The van der Waals surface area contributed by atoms with Gasteiger partial charge >= 0.3 is 0 Å². The fourth-order valence-electron chi connectivity index (χ4n) is 2.46. The van der Waals surface area contributed by atoms with Gasteiger partial charge in [0.15, 0.2) is 5.96 Å². The third-order valence-corrected chi connectivity index (χ3v) is 4.85. The van der Waals surface area contributed by atoms with Gasteiger partial charge in [-0.1, -0.05) is 6.07 Å². The first kappa shape index (κ1) is 16.6. The summed E-state index contributed by atoms with van der Waals surface area (Å²) in [6.45, 7) is 6.64. The predicted octanol–water partition coefficient (Wildman–Crippen LogP) is 2.60. The van der Waals surface area contributed by atoms with Crippen molar-refractivity contribution in [2.45, 2.75) is 25.1 Å². The second kappa shape index (κ2) is 7.01. The molecule has 1 heterocycles. The van der Waals surface area contributed by atoms with E-state index in [1.54, 1.807) is 19.2 Å². The second-order valence-corrected chi connectivity index (χ2v) is 7.65. The summed E-state index contributed by atoms with van der Waals surface area (Å²) in [5, 5.41) is 12.0. The number of hydrogen-bond acceptors (Lipinski definition) is 3. The summed E-state index contributed by atoms with van der Waals surface area (Å²) < 4.78 is 14.1. The number of aliphatic imine (C=N–C) groups is 1. The molecule has 1 fully saturated rings. The molecule has 0 aromatic heterocycles. The second-order valence-electron chi connectivity index (χ2n) is 5.85. The van der Waals surface area contributed by atoms with Crippen LogP contribution >= 0.6 is 11.8 Å². The Labute approximate surface area is 135 Å². The van der Waals surface area contributed by atoms with Crippen LogP contribution in [-0.2, 0) is 6.54 Å². The largest absolute Gasteiger partial charge is 0.352 e. The Balaban J connectivity index is 2.01. The summed E-state index contributed by atoms with van der Waals surface area (Å²) in [6, 6.07) is 6.47. The number of halogens is 1. The fourth-order valence-corrected chi connectivity index (χ4v) is 3.58. The number of guanidine groups is 1. The van der Waals surface area contributed by atoms with Gasteiger partial charge in [-0.2, -0.15) is 17.0 Å². The summed E-state index contributed by atoms with van der Waals surface area (Å²) in [6.07, 6.45) is 0. The molecule has 0 aliphatic carbocycles. The van der Waals surface area contributed by atoms with E-state index in [0.717, 1.165) is 24.8 Å². The Morgan fingerprint density at radius 3 is 2.91 bits per heavy atom. The van der Waals surface area contributed by atoms with Gasteiger partial charge in [0.1, 0.15) is 5.82 Å². The van der Waals surface area contributed by atoms with Crippen molar-refractivity contribution in [3.63, 3.8) is 0 Å². The Morgan fingerprint density at radius 2 is 2.32 bits per heavy atom. The normalized spacial score (nSPS) is 18.0. The molecule has 0 atom stereocenters. The van der Waals surface area contributed by atoms with Crippen molar-refractivity contribution in [2.75, 3.05) is 25.9 Å².